The zero-order valence-corrected chi connectivity index (χ0v) is 15.1. The van der Waals surface area contributed by atoms with Crippen LogP contribution in [0.3, 0.4) is 0 Å². The van der Waals surface area contributed by atoms with Gasteiger partial charge in [-0.05, 0) is 6.07 Å². The van der Waals surface area contributed by atoms with E-state index in [1.807, 2.05) is 6.07 Å². The van der Waals surface area contributed by atoms with Gasteiger partial charge in [0.25, 0.3) is 5.91 Å². The molecule has 0 saturated carbocycles. The summed E-state index contributed by atoms with van der Waals surface area (Å²) in [5, 5.41) is 4.91. The number of methoxy groups -OCH3 is 2. The van der Waals surface area contributed by atoms with E-state index < -0.39 is 6.04 Å². The van der Waals surface area contributed by atoms with Crippen LogP contribution in [0.5, 0.6) is 11.5 Å². The number of carbonyl (C=O) groups is 2. The van der Waals surface area contributed by atoms with Gasteiger partial charge in [0, 0.05) is 22.9 Å². The molecule has 7 nitrogen and oxygen atoms in total. The predicted molar refractivity (Wildman–Crippen MR) is 95.4 cm³/mol. The van der Waals surface area contributed by atoms with E-state index in [4.69, 9.17) is 9.47 Å². The first kappa shape index (κ1) is 16.2. The van der Waals surface area contributed by atoms with E-state index in [1.54, 1.807) is 34.3 Å². The van der Waals surface area contributed by atoms with Crippen LogP contribution in [0.25, 0.3) is 0 Å². The summed E-state index contributed by atoms with van der Waals surface area (Å²) < 4.78 is 10.7. The number of benzene rings is 1. The van der Waals surface area contributed by atoms with Crippen molar-refractivity contribution in [2.24, 2.45) is 0 Å². The molecule has 1 fully saturated rings. The van der Waals surface area contributed by atoms with Crippen LogP contribution in [-0.2, 0) is 4.79 Å². The van der Waals surface area contributed by atoms with Crippen LogP contribution in [0, 0.1) is 0 Å². The normalized spacial score (nSPS) is 21.0. The number of nitrogens with one attached hydrogen (secondary N) is 1. The molecule has 0 aliphatic carbocycles. The van der Waals surface area contributed by atoms with E-state index in [0.29, 0.717) is 27.9 Å². The van der Waals surface area contributed by atoms with Crippen molar-refractivity contribution in [3.8, 4) is 11.5 Å². The smallest absolute Gasteiger partial charge is 0.260 e. The zero-order chi connectivity index (χ0) is 17.6. The van der Waals surface area contributed by atoms with E-state index in [2.05, 4.69) is 10.3 Å². The monoisotopic (exact) mass is 377 g/mol. The molecule has 2 atom stereocenters. The Morgan fingerprint density at radius 2 is 2.20 bits per heavy atom. The molecule has 1 saturated heterocycles. The number of hydrogen-bond acceptors (Lipinski definition) is 7. The van der Waals surface area contributed by atoms with Crippen LogP contribution >= 0.6 is 23.1 Å². The van der Waals surface area contributed by atoms with Crippen LogP contribution in [0.2, 0.25) is 0 Å². The molecule has 1 aromatic heterocycles. The highest BCUT2D eigenvalue weighted by Gasteiger charge is 2.50. The molecule has 0 spiro atoms. The van der Waals surface area contributed by atoms with Gasteiger partial charge in [-0.15, -0.1) is 23.1 Å². The third kappa shape index (κ3) is 2.46. The number of aromatic nitrogens is 1. The fourth-order valence-corrected chi connectivity index (χ4v) is 5.16. The third-order valence-electron chi connectivity index (χ3n) is 4.26. The van der Waals surface area contributed by atoms with Gasteiger partial charge in [0.1, 0.15) is 11.4 Å². The number of amides is 2. The van der Waals surface area contributed by atoms with Crippen molar-refractivity contribution >= 4 is 40.0 Å². The maximum Gasteiger partial charge on any atom is 0.260 e. The Morgan fingerprint density at radius 1 is 1.36 bits per heavy atom. The van der Waals surface area contributed by atoms with Crippen LogP contribution in [0.15, 0.2) is 23.7 Å². The molecule has 25 heavy (non-hydrogen) atoms. The number of carbonyl (C=O) groups excluding carboxylic acids is 2. The molecular formula is C16H15N3O4S2. The molecule has 0 radical (unpaired) electrons. The van der Waals surface area contributed by atoms with Crippen LogP contribution in [0.4, 0.5) is 5.13 Å². The quantitative estimate of drug-likeness (QED) is 0.881. The second kappa shape index (κ2) is 6.23. The topological polar surface area (TPSA) is 80.8 Å². The second-order valence-corrected chi connectivity index (χ2v) is 7.51. The number of thioether (sulfide) groups is 1. The number of hydrogen-bond donors (Lipinski definition) is 1. The summed E-state index contributed by atoms with van der Waals surface area (Å²) in [6.45, 7) is 0. The maximum absolute atomic E-state index is 13.0. The third-order valence-corrected chi connectivity index (χ3v) is 6.25. The molecule has 130 valence electrons. The van der Waals surface area contributed by atoms with Gasteiger partial charge in [-0.1, -0.05) is 6.07 Å². The Hall–Kier alpha value is -2.26. The summed E-state index contributed by atoms with van der Waals surface area (Å²) in [5.74, 6) is 1.03. The molecule has 2 aliphatic rings. The maximum atomic E-state index is 13.0. The zero-order valence-electron chi connectivity index (χ0n) is 13.5. The Bertz CT molecular complexity index is 840. The molecule has 0 unspecified atom stereocenters. The summed E-state index contributed by atoms with van der Waals surface area (Å²) in [7, 11) is 3.04. The van der Waals surface area contributed by atoms with Gasteiger partial charge in [-0.2, -0.15) is 0 Å². The number of thiazole rings is 1. The van der Waals surface area contributed by atoms with Gasteiger partial charge in [-0.3, -0.25) is 9.59 Å². The Labute approximate surface area is 152 Å². The van der Waals surface area contributed by atoms with Crippen molar-refractivity contribution in [3.63, 3.8) is 0 Å². The van der Waals surface area contributed by atoms with Crippen LogP contribution in [-0.4, -0.2) is 47.7 Å². The van der Waals surface area contributed by atoms with E-state index >= 15 is 0 Å². The summed E-state index contributed by atoms with van der Waals surface area (Å²) in [4.78, 5) is 31.3. The lowest BCUT2D eigenvalue weighted by Gasteiger charge is -2.22. The molecular weight excluding hydrogens is 362 g/mol. The highest BCUT2D eigenvalue weighted by Crippen LogP contribution is 2.52. The van der Waals surface area contributed by atoms with Gasteiger partial charge < -0.3 is 19.7 Å². The minimum atomic E-state index is -0.547. The lowest BCUT2D eigenvalue weighted by atomic mass is 10.1. The summed E-state index contributed by atoms with van der Waals surface area (Å²) in [5.41, 5.74) is 1.34. The first-order valence-electron chi connectivity index (χ1n) is 7.55. The predicted octanol–water partition coefficient (Wildman–Crippen LogP) is 2.37. The lowest BCUT2D eigenvalue weighted by Crippen LogP contribution is -2.42. The van der Waals surface area contributed by atoms with E-state index in [1.165, 1.54) is 25.6 Å². The number of nitrogens with zero attached hydrogens (tertiary/aromatic N) is 2. The first-order valence-corrected chi connectivity index (χ1v) is 9.48. The van der Waals surface area contributed by atoms with E-state index in [-0.39, 0.29) is 17.2 Å². The lowest BCUT2D eigenvalue weighted by molar-refractivity contribution is -0.119. The van der Waals surface area contributed by atoms with Crippen molar-refractivity contribution in [1.29, 1.82) is 0 Å². The molecule has 2 aliphatic heterocycles. The van der Waals surface area contributed by atoms with Crippen LogP contribution in [0.1, 0.15) is 21.3 Å². The molecule has 2 amide bonds. The van der Waals surface area contributed by atoms with Crippen molar-refractivity contribution in [3.05, 3.63) is 34.8 Å². The fourth-order valence-electron chi connectivity index (χ4n) is 3.17. The number of fused-ring (bicyclic) bond motifs is 3. The second-order valence-electron chi connectivity index (χ2n) is 5.51. The van der Waals surface area contributed by atoms with Crippen molar-refractivity contribution in [1.82, 2.24) is 9.88 Å². The van der Waals surface area contributed by atoms with Crippen molar-refractivity contribution in [2.45, 2.75) is 11.4 Å². The summed E-state index contributed by atoms with van der Waals surface area (Å²) >= 11 is 2.92. The van der Waals surface area contributed by atoms with Gasteiger partial charge in [0.15, 0.2) is 16.6 Å². The molecule has 1 N–H and O–H groups in total. The summed E-state index contributed by atoms with van der Waals surface area (Å²) in [6, 6.07) is 3.11. The van der Waals surface area contributed by atoms with Gasteiger partial charge in [0.2, 0.25) is 5.91 Å². The molecule has 9 heteroatoms. The average molecular weight is 377 g/mol. The highest BCUT2D eigenvalue weighted by molar-refractivity contribution is 7.99. The van der Waals surface area contributed by atoms with Gasteiger partial charge in [0.05, 0.1) is 19.8 Å². The average Bonchev–Trinajstić information content (AvgIpc) is 3.33. The number of anilines is 1. The minimum Gasteiger partial charge on any atom is -0.493 e. The van der Waals surface area contributed by atoms with Gasteiger partial charge in [-0.25, -0.2) is 4.98 Å². The minimum absolute atomic E-state index is 0.186. The largest absolute Gasteiger partial charge is 0.493 e. The number of rotatable bonds is 4. The number of ether oxygens (including phenoxy) is 2. The van der Waals surface area contributed by atoms with E-state index in [0.717, 1.165) is 5.56 Å². The van der Waals surface area contributed by atoms with Crippen molar-refractivity contribution < 1.29 is 19.1 Å². The summed E-state index contributed by atoms with van der Waals surface area (Å²) in [6.07, 6.45) is 1.63. The van der Waals surface area contributed by atoms with Crippen LogP contribution < -0.4 is 14.8 Å². The van der Waals surface area contributed by atoms with Gasteiger partial charge >= 0.3 is 0 Å². The standard InChI is InChI=1S/C16H15N3O4S2/c1-22-10-4-3-8-11(12(10)23-2)14(21)19-9(7-25-15(8)19)13(20)18-16-17-5-6-24-16/h3-6,9,15H,7H2,1-2H3,(H,17,18,20)/t9-,15+/m1/s1. The first-order chi connectivity index (χ1) is 12.2. The Morgan fingerprint density at radius 3 is 2.88 bits per heavy atom. The van der Waals surface area contributed by atoms with Crippen molar-refractivity contribution in [2.75, 3.05) is 25.3 Å². The SMILES string of the molecule is COc1ccc2c(c1OC)C(=O)N1[C@@H](C(=O)Nc3nccs3)CS[C@@H]21. The molecule has 2 aromatic rings. The Balaban J connectivity index is 1.66. The molecule has 0 bridgehead atoms. The van der Waals surface area contributed by atoms with E-state index in [9.17, 15) is 9.59 Å². The molecule has 1 aromatic carbocycles. The Kier molecular flexibility index (Phi) is 4.04. The molecule has 3 heterocycles. The highest BCUT2D eigenvalue weighted by atomic mass is 32.2. The fraction of sp³-hybridized carbons (Fsp3) is 0.312. The molecule has 4 rings (SSSR count).